The molecule has 0 bridgehead atoms. The fourth-order valence-electron chi connectivity index (χ4n) is 0.897. The molecule has 0 aromatic heterocycles. The highest BCUT2D eigenvalue weighted by molar-refractivity contribution is 5.88. The van der Waals surface area contributed by atoms with Crippen LogP contribution in [0.5, 0.6) is 0 Å². The van der Waals surface area contributed by atoms with Crippen LogP contribution < -0.4 is 5.32 Å². The maximum atomic E-state index is 11.1. The number of ether oxygens (including phenoxy) is 1. The molecule has 0 amide bonds. The Kier molecular flexibility index (Phi) is 7.84. The summed E-state index contributed by atoms with van der Waals surface area (Å²) in [4.78, 5) is 11.1. The predicted molar refractivity (Wildman–Crippen MR) is 58.1 cm³/mol. The van der Waals surface area contributed by atoms with Gasteiger partial charge in [-0.15, -0.1) is 0 Å². The van der Waals surface area contributed by atoms with Crippen molar-refractivity contribution < 1.29 is 9.53 Å². The van der Waals surface area contributed by atoms with E-state index in [4.69, 9.17) is 4.74 Å². The first-order chi connectivity index (χ1) is 6.72. The minimum atomic E-state index is -0.314. The minimum Gasteiger partial charge on any atom is -0.463 e. The van der Waals surface area contributed by atoms with E-state index in [0.29, 0.717) is 18.7 Å². The lowest BCUT2D eigenvalue weighted by Gasteiger charge is -2.05. The van der Waals surface area contributed by atoms with Crippen LogP contribution in [-0.2, 0) is 9.53 Å². The van der Waals surface area contributed by atoms with E-state index in [9.17, 15) is 4.79 Å². The number of rotatable bonds is 7. The number of carbonyl (C=O) groups excluding carboxylic acids is 1. The molecule has 0 saturated carbocycles. The molecule has 0 radical (unpaired) electrons. The van der Waals surface area contributed by atoms with Crippen LogP contribution in [0.25, 0.3) is 0 Å². The second kappa shape index (κ2) is 8.51. The zero-order chi connectivity index (χ0) is 10.8. The third-order valence-corrected chi connectivity index (χ3v) is 1.63. The average molecular weight is 197 g/mol. The summed E-state index contributed by atoms with van der Waals surface area (Å²) in [5.41, 5.74) is 0.479. The van der Waals surface area contributed by atoms with Crippen LogP contribution in [0.15, 0.2) is 24.3 Å². The molecule has 0 fully saturated rings. The van der Waals surface area contributed by atoms with Crippen LogP contribution in [0.1, 0.15) is 20.3 Å². The largest absolute Gasteiger partial charge is 0.463 e. The first-order valence-electron chi connectivity index (χ1n) is 4.89. The highest BCUT2D eigenvalue weighted by atomic mass is 16.5. The fraction of sp³-hybridized carbons (Fsp3) is 0.545. The highest BCUT2D eigenvalue weighted by Gasteiger charge is 2.05. The lowest BCUT2D eigenvalue weighted by atomic mass is 10.3. The van der Waals surface area contributed by atoms with Crippen LogP contribution in [0.2, 0.25) is 0 Å². The van der Waals surface area contributed by atoms with Gasteiger partial charge in [0.2, 0.25) is 0 Å². The molecule has 3 nitrogen and oxygen atoms in total. The van der Waals surface area contributed by atoms with Gasteiger partial charge < -0.3 is 10.1 Å². The van der Waals surface area contributed by atoms with E-state index >= 15 is 0 Å². The Balaban J connectivity index is 3.48. The zero-order valence-electron chi connectivity index (χ0n) is 9.01. The highest BCUT2D eigenvalue weighted by Crippen LogP contribution is 1.92. The number of hydrogen-bond acceptors (Lipinski definition) is 3. The summed E-state index contributed by atoms with van der Waals surface area (Å²) in [6, 6.07) is 0. The molecule has 0 aromatic rings. The van der Waals surface area contributed by atoms with Crippen LogP contribution in [0.4, 0.5) is 0 Å². The van der Waals surface area contributed by atoms with Gasteiger partial charge >= 0.3 is 5.97 Å². The molecule has 0 unspecified atom stereocenters. The molecule has 80 valence electrons. The van der Waals surface area contributed by atoms with Crippen molar-refractivity contribution in [3.05, 3.63) is 24.3 Å². The number of allylic oxidation sites excluding steroid dienone is 1. The maximum Gasteiger partial charge on any atom is 0.334 e. The van der Waals surface area contributed by atoms with Crippen molar-refractivity contribution in [2.75, 3.05) is 19.7 Å². The molecule has 1 N–H and O–H groups in total. The van der Waals surface area contributed by atoms with Gasteiger partial charge in [0.1, 0.15) is 0 Å². The lowest BCUT2D eigenvalue weighted by molar-refractivity contribution is -0.138. The summed E-state index contributed by atoms with van der Waals surface area (Å²) in [5, 5.41) is 3.11. The number of nitrogens with one attached hydrogen (secondary N) is 1. The van der Waals surface area contributed by atoms with E-state index in [0.717, 1.165) is 13.0 Å². The third kappa shape index (κ3) is 6.43. The lowest BCUT2D eigenvalue weighted by Crippen LogP contribution is -2.22. The molecule has 0 aromatic carbocycles. The molecular formula is C11H19NO2. The standard InChI is InChI=1S/C11H19NO2/c1-4-6-7-8-12-9-10(3)11(13)14-5-2/h4,6,12H,3,5,7-9H2,1-2H3/b6-4+. The van der Waals surface area contributed by atoms with Gasteiger partial charge in [0.05, 0.1) is 6.61 Å². The van der Waals surface area contributed by atoms with Gasteiger partial charge in [0.15, 0.2) is 0 Å². The van der Waals surface area contributed by atoms with Crippen molar-refractivity contribution in [1.82, 2.24) is 5.32 Å². The topological polar surface area (TPSA) is 38.3 Å². The van der Waals surface area contributed by atoms with E-state index < -0.39 is 0 Å². The minimum absolute atomic E-state index is 0.314. The Morgan fingerprint density at radius 1 is 1.57 bits per heavy atom. The first kappa shape index (κ1) is 12.9. The van der Waals surface area contributed by atoms with Gasteiger partial charge in [-0.05, 0) is 26.8 Å². The van der Waals surface area contributed by atoms with Gasteiger partial charge in [-0.2, -0.15) is 0 Å². The molecule has 0 rings (SSSR count). The van der Waals surface area contributed by atoms with E-state index in [1.165, 1.54) is 0 Å². The molecule has 0 heterocycles. The molecule has 0 atom stereocenters. The number of hydrogen-bond donors (Lipinski definition) is 1. The SMILES string of the molecule is C=C(CNCC/C=C/C)C(=O)OCC. The van der Waals surface area contributed by atoms with Crippen molar-refractivity contribution >= 4 is 5.97 Å². The van der Waals surface area contributed by atoms with Gasteiger partial charge in [-0.25, -0.2) is 4.79 Å². The monoisotopic (exact) mass is 197 g/mol. The summed E-state index contributed by atoms with van der Waals surface area (Å²) in [6.45, 7) is 9.15. The molecule has 3 heteroatoms. The smallest absolute Gasteiger partial charge is 0.334 e. The zero-order valence-corrected chi connectivity index (χ0v) is 9.01. The summed E-state index contributed by atoms with van der Waals surface area (Å²) < 4.78 is 4.79. The second-order valence-electron chi connectivity index (χ2n) is 2.86. The van der Waals surface area contributed by atoms with Gasteiger partial charge in [-0.3, -0.25) is 0 Å². The van der Waals surface area contributed by atoms with Crippen molar-refractivity contribution in [1.29, 1.82) is 0 Å². The van der Waals surface area contributed by atoms with E-state index in [-0.39, 0.29) is 5.97 Å². The Hall–Kier alpha value is -1.09. The normalized spacial score (nSPS) is 10.4. The Morgan fingerprint density at radius 2 is 2.29 bits per heavy atom. The van der Waals surface area contributed by atoms with Crippen molar-refractivity contribution in [3.8, 4) is 0 Å². The number of carbonyl (C=O) groups is 1. The maximum absolute atomic E-state index is 11.1. The molecular weight excluding hydrogens is 178 g/mol. The molecule has 0 aliphatic heterocycles. The molecule has 14 heavy (non-hydrogen) atoms. The van der Waals surface area contributed by atoms with E-state index in [1.54, 1.807) is 6.92 Å². The summed E-state index contributed by atoms with van der Waals surface area (Å²) >= 11 is 0. The van der Waals surface area contributed by atoms with Crippen LogP contribution >= 0.6 is 0 Å². The van der Waals surface area contributed by atoms with Gasteiger partial charge in [0, 0.05) is 12.1 Å². The predicted octanol–water partition coefficient (Wildman–Crippen LogP) is 1.66. The third-order valence-electron chi connectivity index (χ3n) is 1.63. The van der Waals surface area contributed by atoms with Crippen molar-refractivity contribution in [2.24, 2.45) is 0 Å². The van der Waals surface area contributed by atoms with Crippen molar-refractivity contribution in [3.63, 3.8) is 0 Å². The van der Waals surface area contributed by atoms with Crippen molar-refractivity contribution in [2.45, 2.75) is 20.3 Å². The summed E-state index contributed by atoms with van der Waals surface area (Å²) in [5.74, 6) is -0.314. The average Bonchev–Trinajstić information content (AvgIpc) is 2.17. The van der Waals surface area contributed by atoms with Gasteiger partial charge in [-0.1, -0.05) is 18.7 Å². The summed E-state index contributed by atoms with van der Waals surface area (Å²) in [6.07, 6.45) is 5.04. The molecule has 0 spiro atoms. The molecule has 0 saturated heterocycles. The Labute approximate surface area is 85.8 Å². The van der Waals surface area contributed by atoms with Crippen LogP contribution in [0.3, 0.4) is 0 Å². The Bertz CT molecular complexity index is 209. The Morgan fingerprint density at radius 3 is 2.86 bits per heavy atom. The van der Waals surface area contributed by atoms with Gasteiger partial charge in [0.25, 0.3) is 0 Å². The second-order valence-corrected chi connectivity index (χ2v) is 2.86. The summed E-state index contributed by atoms with van der Waals surface area (Å²) in [7, 11) is 0. The van der Waals surface area contributed by atoms with E-state index in [2.05, 4.69) is 18.0 Å². The molecule has 0 aliphatic carbocycles. The van der Waals surface area contributed by atoms with Crippen LogP contribution in [0, 0.1) is 0 Å². The number of esters is 1. The first-order valence-corrected chi connectivity index (χ1v) is 4.89. The van der Waals surface area contributed by atoms with Crippen LogP contribution in [-0.4, -0.2) is 25.7 Å². The fourth-order valence-corrected chi connectivity index (χ4v) is 0.897. The molecule has 0 aliphatic rings. The van der Waals surface area contributed by atoms with E-state index in [1.807, 2.05) is 13.0 Å². The quantitative estimate of drug-likeness (QED) is 0.292.